The topological polar surface area (TPSA) is 43.7 Å². The highest BCUT2D eigenvalue weighted by Gasteiger charge is 2.20. The molecule has 0 amide bonds. The third-order valence-electron chi connectivity index (χ3n) is 3.17. The zero-order chi connectivity index (χ0) is 10.8. The van der Waals surface area contributed by atoms with Gasteiger partial charge < -0.3 is 15.1 Å². The fraction of sp³-hybridized carbons (Fsp3) is 0.500. The summed E-state index contributed by atoms with van der Waals surface area (Å²) in [6.45, 7) is 2.15. The maximum absolute atomic E-state index is 9.74. The van der Waals surface area contributed by atoms with Crippen molar-refractivity contribution in [2.75, 3.05) is 20.1 Å². The minimum absolute atomic E-state index is 0.129. The highest BCUT2D eigenvalue weighted by molar-refractivity contribution is 5.41. The van der Waals surface area contributed by atoms with Crippen LogP contribution in [0.2, 0.25) is 0 Å². The molecule has 3 heteroatoms. The van der Waals surface area contributed by atoms with E-state index in [-0.39, 0.29) is 11.5 Å². The Hall–Kier alpha value is -1.22. The first kappa shape index (κ1) is 10.3. The summed E-state index contributed by atoms with van der Waals surface area (Å²) in [5, 5.41) is 18.9. The van der Waals surface area contributed by atoms with E-state index in [1.165, 1.54) is 6.07 Å². The Morgan fingerprint density at radius 2 is 1.87 bits per heavy atom. The standard InChI is InChI=1S/C12H17NO2/c1-13-6-4-9(5-7-13)11-3-2-10(14)8-12(11)15/h2-3,8-9,14-15H,4-7H2,1H3. The lowest BCUT2D eigenvalue weighted by molar-refractivity contribution is 0.253. The van der Waals surface area contributed by atoms with Gasteiger partial charge in [0.05, 0.1) is 0 Å². The summed E-state index contributed by atoms with van der Waals surface area (Å²) in [4.78, 5) is 2.30. The van der Waals surface area contributed by atoms with E-state index in [4.69, 9.17) is 0 Å². The van der Waals surface area contributed by atoms with Gasteiger partial charge in [-0.05, 0) is 50.5 Å². The van der Waals surface area contributed by atoms with Gasteiger partial charge in [0, 0.05) is 6.07 Å². The molecule has 0 spiro atoms. The highest BCUT2D eigenvalue weighted by Crippen LogP contribution is 2.34. The third-order valence-corrected chi connectivity index (χ3v) is 3.17. The molecule has 0 radical (unpaired) electrons. The van der Waals surface area contributed by atoms with E-state index in [0.717, 1.165) is 31.5 Å². The van der Waals surface area contributed by atoms with E-state index in [1.54, 1.807) is 6.07 Å². The van der Waals surface area contributed by atoms with Crippen LogP contribution in [-0.4, -0.2) is 35.3 Å². The number of piperidine rings is 1. The molecule has 1 aliphatic rings. The predicted octanol–water partition coefficient (Wildman–Crippen LogP) is 1.91. The number of benzene rings is 1. The number of phenols is 2. The van der Waals surface area contributed by atoms with Crippen LogP contribution in [0.15, 0.2) is 18.2 Å². The SMILES string of the molecule is CN1CCC(c2ccc(O)cc2O)CC1. The van der Waals surface area contributed by atoms with Gasteiger partial charge in [-0.2, -0.15) is 0 Å². The molecule has 2 rings (SSSR count). The number of nitrogens with zero attached hydrogens (tertiary/aromatic N) is 1. The van der Waals surface area contributed by atoms with Gasteiger partial charge in [0.25, 0.3) is 0 Å². The van der Waals surface area contributed by atoms with Crippen molar-refractivity contribution in [2.24, 2.45) is 0 Å². The minimum atomic E-state index is 0.129. The normalized spacial score (nSPS) is 19.3. The van der Waals surface area contributed by atoms with Crippen LogP contribution in [0, 0.1) is 0 Å². The van der Waals surface area contributed by atoms with E-state index < -0.39 is 0 Å². The lowest BCUT2D eigenvalue weighted by atomic mass is 9.89. The van der Waals surface area contributed by atoms with Crippen LogP contribution in [0.4, 0.5) is 0 Å². The summed E-state index contributed by atoms with van der Waals surface area (Å²) in [5.41, 5.74) is 0.973. The van der Waals surface area contributed by atoms with E-state index in [2.05, 4.69) is 11.9 Å². The largest absolute Gasteiger partial charge is 0.508 e. The van der Waals surface area contributed by atoms with Crippen LogP contribution in [0.1, 0.15) is 24.3 Å². The number of likely N-dealkylation sites (tertiary alicyclic amines) is 1. The molecule has 3 nitrogen and oxygen atoms in total. The van der Waals surface area contributed by atoms with E-state index in [9.17, 15) is 10.2 Å². The van der Waals surface area contributed by atoms with Crippen molar-refractivity contribution >= 4 is 0 Å². The average Bonchev–Trinajstić information content (AvgIpc) is 2.20. The Morgan fingerprint density at radius 1 is 1.20 bits per heavy atom. The molecule has 82 valence electrons. The van der Waals surface area contributed by atoms with Crippen LogP contribution in [-0.2, 0) is 0 Å². The molecule has 15 heavy (non-hydrogen) atoms. The highest BCUT2D eigenvalue weighted by atomic mass is 16.3. The first-order valence-corrected chi connectivity index (χ1v) is 5.37. The number of aromatic hydroxyl groups is 2. The van der Waals surface area contributed by atoms with Gasteiger partial charge in [0.2, 0.25) is 0 Å². The van der Waals surface area contributed by atoms with Crippen molar-refractivity contribution in [1.29, 1.82) is 0 Å². The second-order valence-corrected chi connectivity index (χ2v) is 4.32. The van der Waals surface area contributed by atoms with Gasteiger partial charge in [0.1, 0.15) is 11.5 Å². The second kappa shape index (κ2) is 4.11. The van der Waals surface area contributed by atoms with Crippen LogP contribution >= 0.6 is 0 Å². The fourth-order valence-corrected chi connectivity index (χ4v) is 2.20. The fourth-order valence-electron chi connectivity index (χ4n) is 2.20. The van der Waals surface area contributed by atoms with Gasteiger partial charge in [-0.15, -0.1) is 0 Å². The van der Waals surface area contributed by atoms with E-state index in [0.29, 0.717) is 5.92 Å². The van der Waals surface area contributed by atoms with Crippen LogP contribution in [0.25, 0.3) is 0 Å². The van der Waals surface area contributed by atoms with Gasteiger partial charge in [-0.3, -0.25) is 0 Å². The quantitative estimate of drug-likeness (QED) is 0.739. The average molecular weight is 207 g/mol. The first-order valence-electron chi connectivity index (χ1n) is 5.37. The minimum Gasteiger partial charge on any atom is -0.508 e. The molecule has 2 N–H and O–H groups in total. The molecule has 0 saturated carbocycles. The third kappa shape index (κ3) is 2.23. The van der Waals surface area contributed by atoms with E-state index in [1.807, 2.05) is 6.07 Å². The lowest BCUT2D eigenvalue weighted by Crippen LogP contribution is -2.29. The van der Waals surface area contributed by atoms with Crippen molar-refractivity contribution in [3.63, 3.8) is 0 Å². The van der Waals surface area contributed by atoms with Crippen LogP contribution < -0.4 is 0 Å². The molecule has 0 atom stereocenters. The molecule has 1 aliphatic heterocycles. The van der Waals surface area contributed by atoms with Gasteiger partial charge >= 0.3 is 0 Å². The van der Waals surface area contributed by atoms with E-state index >= 15 is 0 Å². The Morgan fingerprint density at radius 3 is 2.47 bits per heavy atom. The Bertz CT molecular complexity index is 343. The van der Waals surface area contributed by atoms with Gasteiger partial charge in [-0.25, -0.2) is 0 Å². The maximum Gasteiger partial charge on any atom is 0.122 e. The molecule has 1 saturated heterocycles. The van der Waals surface area contributed by atoms with Crippen LogP contribution in [0.3, 0.4) is 0 Å². The second-order valence-electron chi connectivity index (χ2n) is 4.32. The Balaban J connectivity index is 2.15. The molecule has 1 aromatic rings. The molecule has 0 bridgehead atoms. The summed E-state index contributed by atoms with van der Waals surface area (Å²) in [6, 6.07) is 4.90. The van der Waals surface area contributed by atoms with Gasteiger partial charge in [-0.1, -0.05) is 6.07 Å². The molecule has 0 aliphatic carbocycles. The first-order chi connectivity index (χ1) is 7.16. The molecule has 0 aromatic heterocycles. The van der Waals surface area contributed by atoms with Crippen molar-refractivity contribution in [1.82, 2.24) is 4.90 Å². The number of hydrogen-bond donors (Lipinski definition) is 2. The summed E-state index contributed by atoms with van der Waals surface area (Å²) < 4.78 is 0. The Kier molecular flexibility index (Phi) is 2.82. The molecule has 1 fully saturated rings. The molecule has 1 aromatic carbocycles. The summed E-state index contributed by atoms with van der Waals surface area (Å²) in [5.74, 6) is 0.788. The molecule has 1 heterocycles. The number of phenolic OH excluding ortho intramolecular Hbond substituents is 2. The van der Waals surface area contributed by atoms with Crippen molar-refractivity contribution in [3.8, 4) is 11.5 Å². The predicted molar refractivity (Wildman–Crippen MR) is 59.2 cm³/mol. The maximum atomic E-state index is 9.74. The number of rotatable bonds is 1. The number of hydrogen-bond acceptors (Lipinski definition) is 3. The smallest absolute Gasteiger partial charge is 0.122 e. The zero-order valence-electron chi connectivity index (χ0n) is 8.98. The zero-order valence-corrected chi connectivity index (χ0v) is 8.98. The van der Waals surface area contributed by atoms with Crippen molar-refractivity contribution < 1.29 is 10.2 Å². The van der Waals surface area contributed by atoms with Crippen molar-refractivity contribution in [2.45, 2.75) is 18.8 Å². The summed E-state index contributed by atoms with van der Waals surface area (Å²) in [7, 11) is 2.12. The van der Waals surface area contributed by atoms with Crippen LogP contribution in [0.5, 0.6) is 11.5 Å². The molecular formula is C12H17NO2. The monoisotopic (exact) mass is 207 g/mol. The van der Waals surface area contributed by atoms with Gasteiger partial charge in [0.15, 0.2) is 0 Å². The molecule has 0 unspecified atom stereocenters. The molecular weight excluding hydrogens is 190 g/mol. The van der Waals surface area contributed by atoms with Crippen molar-refractivity contribution in [3.05, 3.63) is 23.8 Å². The lowest BCUT2D eigenvalue weighted by Gasteiger charge is -2.29. The Labute approximate surface area is 90.0 Å². The summed E-state index contributed by atoms with van der Waals surface area (Å²) in [6.07, 6.45) is 2.16. The summed E-state index contributed by atoms with van der Waals surface area (Å²) >= 11 is 0.